The van der Waals surface area contributed by atoms with E-state index in [2.05, 4.69) is 15.6 Å². The summed E-state index contributed by atoms with van der Waals surface area (Å²) in [6.45, 7) is 2.48. The molecule has 8 heteroatoms. The number of halogens is 2. The molecular formula is C13H12ClFN4O2. The highest BCUT2D eigenvalue weighted by atomic mass is 35.5. The van der Waals surface area contributed by atoms with Gasteiger partial charge in [0.05, 0.1) is 10.6 Å². The Hall–Kier alpha value is -2.41. The predicted molar refractivity (Wildman–Crippen MR) is 79.7 cm³/mol. The highest BCUT2D eigenvalue weighted by Crippen LogP contribution is 2.29. The van der Waals surface area contributed by atoms with E-state index in [0.29, 0.717) is 12.4 Å². The molecule has 2 aromatic rings. The number of anilines is 3. The minimum atomic E-state index is -0.618. The maximum atomic E-state index is 13.8. The number of hydrogen-bond donors (Lipinski definition) is 2. The van der Waals surface area contributed by atoms with E-state index in [1.54, 1.807) is 0 Å². The summed E-state index contributed by atoms with van der Waals surface area (Å²) < 4.78 is 13.8. The van der Waals surface area contributed by atoms with Gasteiger partial charge in [-0.15, -0.1) is 0 Å². The molecule has 0 fully saturated rings. The lowest BCUT2D eigenvalue weighted by atomic mass is 10.3. The molecule has 0 bridgehead atoms. The maximum absolute atomic E-state index is 13.8. The lowest BCUT2D eigenvalue weighted by molar-refractivity contribution is -0.384. The Bertz CT molecular complexity index is 681. The van der Waals surface area contributed by atoms with Crippen molar-refractivity contribution in [1.29, 1.82) is 0 Å². The third kappa shape index (κ3) is 3.57. The minimum absolute atomic E-state index is 0.0420. The molecule has 0 aliphatic rings. The second-order valence-electron chi connectivity index (χ2n) is 4.10. The zero-order valence-corrected chi connectivity index (χ0v) is 11.8. The van der Waals surface area contributed by atoms with E-state index < -0.39 is 10.7 Å². The average molecular weight is 311 g/mol. The van der Waals surface area contributed by atoms with Gasteiger partial charge in [0.2, 0.25) is 5.82 Å². The first kappa shape index (κ1) is 15.0. The fourth-order valence-electron chi connectivity index (χ4n) is 1.69. The van der Waals surface area contributed by atoms with Crippen LogP contribution < -0.4 is 10.6 Å². The van der Waals surface area contributed by atoms with Crippen LogP contribution in [0.4, 0.5) is 27.4 Å². The van der Waals surface area contributed by atoms with Crippen molar-refractivity contribution in [3.05, 3.63) is 51.3 Å². The molecule has 21 heavy (non-hydrogen) atoms. The van der Waals surface area contributed by atoms with E-state index in [-0.39, 0.29) is 22.2 Å². The van der Waals surface area contributed by atoms with Crippen molar-refractivity contribution < 1.29 is 9.31 Å². The van der Waals surface area contributed by atoms with Gasteiger partial charge in [-0.1, -0.05) is 11.6 Å². The van der Waals surface area contributed by atoms with Gasteiger partial charge in [0, 0.05) is 17.6 Å². The van der Waals surface area contributed by atoms with E-state index in [1.165, 1.54) is 24.3 Å². The number of hydrogen-bond acceptors (Lipinski definition) is 5. The van der Waals surface area contributed by atoms with Gasteiger partial charge in [-0.2, -0.15) is 0 Å². The summed E-state index contributed by atoms with van der Waals surface area (Å²) in [7, 11) is 0. The molecule has 0 aliphatic heterocycles. The number of aromatic nitrogens is 1. The fraction of sp³-hybridized carbons (Fsp3) is 0.154. The third-order valence-electron chi connectivity index (χ3n) is 2.61. The van der Waals surface area contributed by atoms with Crippen LogP contribution in [0.3, 0.4) is 0 Å². The second-order valence-corrected chi connectivity index (χ2v) is 4.54. The molecule has 0 spiro atoms. The van der Waals surface area contributed by atoms with Gasteiger partial charge in [-0.25, -0.2) is 9.37 Å². The topological polar surface area (TPSA) is 80.1 Å². The van der Waals surface area contributed by atoms with Crippen LogP contribution in [0, 0.1) is 15.9 Å². The van der Waals surface area contributed by atoms with Crippen molar-refractivity contribution in [2.24, 2.45) is 0 Å². The molecule has 2 rings (SSSR count). The van der Waals surface area contributed by atoms with Crippen LogP contribution >= 0.6 is 11.6 Å². The molecule has 0 aliphatic carbocycles. The quantitative estimate of drug-likeness (QED) is 0.645. The van der Waals surface area contributed by atoms with Crippen LogP contribution in [0.25, 0.3) is 0 Å². The van der Waals surface area contributed by atoms with Gasteiger partial charge in [0.25, 0.3) is 0 Å². The lowest BCUT2D eigenvalue weighted by Gasteiger charge is -2.09. The second kappa shape index (κ2) is 6.36. The van der Waals surface area contributed by atoms with Crippen molar-refractivity contribution >= 4 is 34.6 Å². The zero-order chi connectivity index (χ0) is 15.4. The van der Waals surface area contributed by atoms with Crippen LogP contribution in [-0.4, -0.2) is 16.5 Å². The number of pyridine rings is 1. The molecule has 0 unspecified atom stereocenters. The Labute approximate surface area is 125 Å². The zero-order valence-electron chi connectivity index (χ0n) is 11.1. The fourth-order valence-corrected chi connectivity index (χ4v) is 1.85. The van der Waals surface area contributed by atoms with Crippen molar-refractivity contribution in [3.63, 3.8) is 0 Å². The highest BCUT2D eigenvalue weighted by molar-refractivity contribution is 6.30. The van der Waals surface area contributed by atoms with E-state index in [9.17, 15) is 14.5 Å². The number of nitrogens with one attached hydrogen (secondary N) is 2. The average Bonchev–Trinajstić information content (AvgIpc) is 2.42. The Morgan fingerprint density at radius 3 is 2.76 bits per heavy atom. The summed E-state index contributed by atoms with van der Waals surface area (Å²) in [4.78, 5) is 14.5. The molecule has 110 valence electrons. The lowest BCUT2D eigenvalue weighted by Crippen LogP contribution is -2.05. The first-order valence-corrected chi connectivity index (χ1v) is 6.50. The molecule has 2 N–H and O–H groups in total. The number of nitro groups is 1. The third-order valence-corrected chi connectivity index (χ3v) is 2.85. The van der Waals surface area contributed by atoms with E-state index in [0.717, 1.165) is 6.07 Å². The molecule has 1 aromatic heterocycles. The standard InChI is InChI=1S/C13H12ClFN4O2/c1-2-16-12-6-5-11(19(20)21)13(18-12)17-10-4-3-8(14)7-9(10)15/h3-7H,2H2,1H3,(H2,16,17,18). The predicted octanol–water partition coefficient (Wildman–Crippen LogP) is 3.96. The van der Waals surface area contributed by atoms with E-state index >= 15 is 0 Å². The summed E-state index contributed by atoms with van der Waals surface area (Å²) in [5.74, 6) is -0.202. The summed E-state index contributed by atoms with van der Waals surface area (Å²) in [5.41, 5.74) is -0.186. The largest absolute Gasteiger partial charge is 0.370 e. The van der Waals surface area contributed by atoms with E-state index in [1.807, 2.05) is 6.92 Å². The summed E-state index contributed by atoms with van der Waals surface area (Å²) in [6.07, 6.45) is 0. The van der Waals surface area contributed by atoms with Gasteiger partial charge in [0.15, 0.2) is 0 Å². The molecular weight excluding hydrogens is 299 g/mol. The van der Waals surface area contributed by atoms with E-state index in [4.69, 9.17) is 11.6 Å². The molecule has 0 radical (unpaired) electrons. The maximum Gasteiger partial charge on any atom is 0.311 e. The smallest absolute Gasteiger partial charge is 0.311 e. The monoisotopic (exact) mass is 310 g/mol. The van der Waals surface area contributed by atoms with Crippen LogP contribution in [0.5, 0.6) is 0 Å². The number of rotatable bonds is 5. The van der Waals surface area contributed by atoms with Gasteiger partial charge in [-0.05, 0) is 31.2 Å². The van der Waals surface area contributed by atoms with Crippen molar-refractivity contribution in [2.45, 2.75) is 6.92 Å². The first-order chi connectivity index (χ1) is 10.0. The molecule has 1 aromatic carbocycles. The Kier molecular flexibility index (Phi) is 4.54. The SMILES string of the molecule is CCNc1ccc([N+](=O)[O-])c(Nc2ccc(Cl)cc2F)n1. The normalized spacial score (nSPS) is 10.2. The Morgan fingerprint density at radius 1 is 1.38 bits per heavy atom. The summed E-state index contributed by atoms with van der Waals surface area (Å²) >= 11 is 5.67. The summed E-state index contributed by atoms with van der Waals surface area (Å²) in [6, 6.07) is 6.78. The Morgan fingerprint density at radius 2 is 2.14 bits per heavy atom. The van der Waals surface area contributed by atoms with Crippen molar-refractivity contribution in [2.75, 3.05) is 17.2 Å². The molecule has 0 atom stereocenters. The van der Waals surface area contributed by atoms with Crippen molar-refractivity contribution in [1.82, 2.24) is 4.98 Å². The van der Waals surface area contributed by atoms with Gasteiger partial charge in [-0.3, -0.25) is 10.1 Å². The highest BCUT2D eigenvalue weighted by Gasteiger charge is 2.17. The molecule has 6 nitrogen and oxygen atoms in total. The Balaban J connectivity index is 2.40. The minimum Gasteiger partial charge on any atom is -0.370 e. The molecule has 0 saturated heterocycles. The summed E-state index contributed by atoms with van der Waals surface area (Å²) in [5, 5.41) is 16.8. The van der Waals surface area contributed by atoms with Crippen LogP contribution in [-0.2, 0) is 0 Å². The van der Waals surface area contributed by atoms with Crippen molar-refractivity contribution in [3.8, 4) is 0 Å². The van der Waals surface area contributed by atoms with Crippen LogP contribution in [0.1, 0.15) is 6.92 Å². The molecule has 1 heterocycles. The number of benzene rings is 1. The molecule has 0 amide bonds. The van der Waals surface area contributed by atoms with Gasteiger partial charge >= 0.3 is 5.69 Å². The first-order valence-electron chi connectivity index (χ1n) is 6.12. The number of nitrogens with zero attached hydrogens (tertiary/aromatic N) is 2. The molecule has 0 saturated carbocycles. The van der Waals surface area contributed by atoms with Gasteiger partial charge in [0.1, 0.15) is 11.6 Å². The van der Waals surface area contributed by atoms with Crippen LogP contribution in [0.2, 0.25) is 5.02 Å². The van der Waals surface area contributed by atoms with Crippen LogP contribution in [0.15, 0.2) is 30.3 Å². The van der Waals surface area contributed by atoms with Gasteiger partial charge < -0.3 is 10.6 Å².